The van der Waals surface area contributed by atoms with Crippen molar-refractivity contribution in [3.8, 4) is 5.75 Å². The Morgan fingerprint density at radius 2 is 1.56 bits per heavy atom. The van der Waals surface area contributed by atoms with Crippen molar-refractivity contribution in [2.45, 2.75) is 69.4 Å². The van der Waals surface area contributed by atoms with Crippen LogP contribution in [0.15, 0.2) is 97.3 Å². The molecule has 1 aliphatic carbocycles. The smallest absolute Gasteiger partial charge is 0.256 e. The Bertz CT molecular complexity index is 2050. The number of aryl methyl sites for hydroxylation is 1. The molecule has 0 bridgehead atoms. The summed E-state index contributed by atoms with van der Waals surface area (Å²) in [6, 6.07) is 27.9. The molecule has 0 spiro atoms. The number of anilines is 2. The number of allylic oxidation sites excluding steroid dienone is 1. The predicted molar refractivity (Wildman–Crippen MR) is 217 cm³/mol. The lowest BCUT2D eigenvalue weighted by atomic mass is 9.69. The van der Waals surface area contributed by atoms with Gasteiger partial charge in [0.1, 0.15) is 17.6 Å². The van der Waals surface area contributed by atoms with Gasteiger partial charge in [-0.3, -0.25) is 14.5 Å². The Morgan fingerprint density at radius 3 is 2.33 bits per heavy atom. The van der Waals surface area contributed by atoms with E-state index in [1.165, 1.54) is 47.2 Å². The number of piperidine rings is 2. The third-order valence-corrected chi connectivity index (χ3v) is 13.1. The van der Waals surface area contributed by atoms with E-state index in [0.29, 0.717) is 36.6 Å². The molecule has 284 valence electrons. The number of carbonyl (C=O) groups excluding carboxylic acids is 2. The fraction of sp³-hybridized carbons (Fsp3) is 0.413. The zero-order valence-electron chi connectivity index (χ0n) is 31.7. The first-order chi connectivity index (χ1) is 26.9. The number of amides is 2. The second kappa shape index (κ2) is 15.2. The van der Waals surface area contributed by atoms with Gasteiger partial charge < -0.3 is 25.1 Å². The molecule has 4 aromatic rings. The largest absolute Gasteiger partial charge is 0.508 e. The van der Waals surface area contributed by atoms with Crippen LogP contribution < -0.4 is 15.1 Å². The van der Waals surface area contributed by atoms with Crippen LogP contribution in [0.4, 0.5) is 11.5 Å². The molecule has 2 N–H and O–H groups in total. The SMILES string of the molecule is C=C1CCC(N2Cc3cc(N4CCN(CCC5CCN(c6ccc([C@@H]7c8ccc(O)cc8CC[C@@H]7c7ccccc7)cc6)CC5)CC4)ncc3C2=O)C(=O)N1. The highest BCUT2D eigenvalue weighted by molar-refractivity contribution is 6.01. The van der Waals surface area contributed by atoms with Crippen LogP contribution in [0.2, 0.25) is 0 Å². The molecule has 2 amide bonds. The first-order valence-electron chi connectivity index (χ1n) is 20.4. The number of nitrogens with one attached hydrogen (secondary N) is 1. The van der Waals surface area contributed by atoms with Crippen LogP contribution >= 0.6 is 0 Å². The summed E-state index contributed by atoms with van der Waals surface area (Å²) in [6.07, 6.45) is 8.77. The number of phenols is 1. The normalized spacial score (nSPS) is 23.5. The van der Waals surface area contributed by atoms with Crippen molar-refractivity contribution >= 4 is 23.3 Å². The summed E-state index contributed by atoms with van der Waals surface area (Å²) in [4.78, 5) is 39.7. The van der Waals surface area contributed by atoms with E-state index in [1.54, 1.807) is 11.1 Å². The molecule has 3 fully saturated rings. The fourth-order valence-electron chi connectivity index (χ4n) is 9.92. The number of pyridine rings is 1. The second-order valence-electron chi connectivity index (χ2n) is 16.3. The van der Waals surface area contributed by atoms with Crippen molar-refractivity contribution in [1.29, 1.82) is 0 Å². The molecule has 5 aliphatic rings. The summed E-state index contributed by atoms with van der Waals surface area (Å²) in [5.74, 6) is 2.48. The molecule has 4 aliphatic heterocycles. The minimum atomic E-state index is -0.451. The van der Waals surface area contributed by atoms with Gasteiger partial charge in [-0.15, -0.1) is 0 Å². The topological polar surface area (TPSA) is 92.2 Å². The van der Waals surface area contributed by atoms with Crippen molar-refractivity contribution in [1.82, 2.24) is 20.1 Å². The van der Waals surface area contributed by atoms with Crippen molar-refractivity contribution in [3.63, 3.8) is 0 Å². The highest BCUT2D eigenvalue weighted by Crippen LogP contribution is 2.47. The van der Waals surface area contributed by atoms with Crippen molar-refractivity contribution in [3.05, 3.63) is 131 Å². The number of hydrogen-bond acceptors (Lipinski definition) is 7. The number of benzene rings is 3. The van der Waals surface area contributed by atoms with Gasteiger partial charge in [0.25, 0.3) is 5.91 Å². The molecule has 5 heterocycles. The average Bonchev–Trinajstić information content (AvgIpc) is 3.55. The highest BCUT2D eigenvalue weighted by Gasteiger charge is 2.39. The van der Waals surface area contributed by atoms with E-state index in [1.807, 2.05) is 12.1 Å². The van der Waals surface area contributed by atoms with Crippen LogP contribution in [0.5, 0.6) is 5.75 Å². The molecular formula is C46H52N6O3. The third-order valence-electron chi connectivity index (χ3n) is 13.1. The van der Waals surface area contributed by atoms with Crippen LogP contribution in [-0.4, -0.2) is 83.6 Å². The average molecular weight is 737 g/mol. The fourth-order valence-corrected chi connectivity index (χ4v) is 9.92. The standard InChI is InChI=1S/C46H52N6O3/c1-31-7-16-42(45(54)48-31)52-30-36-28-43(47-29-41(36)46(52)55)51-25-23-49(24-26-51)20-17-32-18-21-50(22-19-32)37-11-8-34(9-12-37)44-39(33-5-3-2-4-6-33)14-10-35-27-38(53)13-15-40(35)44/h2-6,8-9,11-13,15,27-29,32,39,42,44,53H,1,7,10,14,16-26,30H2,(H,48,54)/t39-,42?,44+/m1/s1. The molecule has 1 aromatic heterocycles. The Labute approximate surface area is 324 Å². The molecule has 0 saturated carbocycles. The van der Waals surface area contributed by atoms with Crippen molar-refractivity contribution in [2.24, 2.45) is 5.92 Å². The Hall–Kier alpha value is -5.15. The number of piperazine rings is 1. The van der Waals surface area contributed by atoms with Gasteiger partial charge in [0.15, 0.2) is 0 Å². The van der Waals surface area contributed by atoms with E-state index >= 15 is 0 Å². The summed E-state index contributed by atoms with van der Waals surface area (Å²) in [5.41, 5.74) is 8.98. The number of carbonyl (C=O) groups is 2. The van der Waals surface area contributed by atoms with Gasteiger partial charge in [-0.25, -0.2) is 4.98 Å². The maximum atomic E-state index is 13.2. The van der Waals surface area contributed by atoms with Crippen LogP contribution in [0.1, 0.15) is 88.5 Å². The summed E-state index contributed by atoms with van der Waals surface area (Å²) in [6.45, 7) is 11.5. The Balaban J connectivity index is 0.756. The molecule has 3 aromatic carbocycles. The highest BCUT2D eigenvalue weighted by atomic mass is 16.3. The van der Waals surface area contributed by atoms with Crippen molar-refractivity contribution < 1.29 is 14.7 Å². The summed E-state index contributed by atoms with van der Waals surface area (Å²) in [5, 5.41) is 13.0. The first kappa shape index (κ1) is 35.5. The van der Waals surface area contributed by atoms with Gasteiger partial charge in [-0.1, -0.05) is 55.1 Å². The number of aromatic nitrogens is 1. The van der Waals surface area contributed by atoms with Crippen LogP contribution in [0, 0.1) is 5.92 Å². The zero-order valence-corrected chi connectivity index (χ0v) is 31.7. The van der Waals surface area contributed by atoms with Gasteiger partial charge >= 0.3 is 0 Å². The van der Waals surface area contributed by atoms with E-state index < -0.39 is 6.04 Å². The maximum Gasteiger partial charge on any atom is 0.256 e. The number of hydrogen-bond donors (Lipinski definition) is 2. The molecule has 3 saturated heterocycles. The number of aromatic hydroxyl groups is 1. The maximum absolute atomic E-state index is 13.2. The number of fused-ring (bicyclic) bond motifs is 2. The van der Waals surface area contributed by atoms with Gasteiger partial charge in [-0.05, 0) is 121 Å². The van der Waals surface area contributed by atoms with Gasteiger partial charge in [0.05, 0.1) is 5.56 Å². The summed E-state index contributed by atoms with van der Waals surface area (Å²) in [7, 11) is 0. The van der Waals surface area contributed by atoms with Crippen LogP contribution in [0.25, 0.3) is 0 Å². The van der Waals surface area contributed by atoms with Gasteiger partial charge in [0.2, 0.25) is 5.91 Å². The van der Waals surface area contributed by atoms with Crippen LogP contribution in [0.3, 0.4) is 0 Å². The molecule has 9 heteroatoms. The summed E-state index contributed by atoms with van der Waals surface area (Å²) >= 11 is 0. The lowest BCUT2D eigenvalue weighted by Gasteiger charge is -2.38. The lowest BCUT2D eigenvalue weighted by Crippen LogP contribution is -2.49. The van der Waals surface area contributed by atoms with Gasteiger partial charge in [-0.2, -0.15) is 0 Å². The van der Waals surface area contributed by atoms with E-state index in [2.05, 4.69) is 93.3 Å². The Morgan fingerprint density at radius 1 is 0.782 bits per heavy atom. The number of nitrogens with zero attached hydrogens (tertiary/aromatic N) is 5. The summed E-state index contributed by atoms with van der Waals surface area (Å²) < 4.78 is 0. The molecular weight excluding hydrogens is 685 g/mol. The van der Waals surface area contributed by atoms with E-state index in [0.717, 1.165) is 81.7 Å². The minimum absolute atomic E-state index is 0.100. The molecule has 0 radical (unpaired) electrons. The minimum Gasteiger partial charge on any atom is -0.508 e. The zero-order chi connectivity index (χ0) is 37.5. The van der Waals surface area contributed by atoms with E-state index in [9.17, 15) is 14.7 Å². The van der Waals surface area contributed by atoms with E-state index in [-0.39, 0.29) is 17.7 Å². The molecule has 55 heavy (non-hydrogen) atoms. The van der Waals surface area contributed by atoms with Gasteiger partial charge in [0, 0.05) is 69.3 Å². The Kier molecular flexibility index (Phi) is 9.81. The predicted octanol–water partition coefficient (Wildman–Crippen LogP) is 6.83. The van der Waals surface area contributed by atoms with Crippen LogP contribution in [-0.2, 0) is 17.8 Å². The first-order valence-corrected chi connectivity index (χ1v) is 20.4. The van der Waals surface area contributed by atoms with E-state index in [4.69, 9.17) is 4.98 Å². The molecule has 1 unspecified atom stereocenters. The molecule has 9 nitrogen and oxygen atoms in total. The van der Waals surface area contributed by atoms with Crippen molar-refractivity contribution in [2.75, 3.05) is 55.6 Å². The molecule has 9 rings (SSSR count). The third kappa shape index (κ3) is 7.22. The second-order valence-corrected chi connectivity index (χ2v) is 16.3. The number of phenolic OH excluding ortho intramolecular Hbond substituents is 1. The molecule has 3 atom stereocenters. The lowest BCUT2D eigenvalue weighted by molar-refractivity contribution is -0.126. The quantitative estimate of drug-likeness (QED) is 0.205. The number of rotatable bonds is 8. The monoisotopic (exact) mass is 736 g/mol.